The van der Waals surface area contributed by atoms with Gasteiger partial charge >= 0.3 is 5.97 Å². The number of hydrogen-bond acceptors (Lipinski definition) is 6. The van der Waals surface area contributed by atoms with Crippen LogP contribution in [0.3, 0.4) is 0 Å². The van der Waals surface area contributed by atoms with Gasteiger partial charge in [0.1, 0.15) is 24.7 Å². The fraction of sp³-hybridized carbons (Fsp3) is 0.320. The summed E-state index contributed by atoms with van der Waals surface area (Å²) in [6, 6.07) is 12.3. The second-order valence-corrected chi connectivity index (χ2v) is 7.56. The van der Waals surface area contributed by atoms with E-state index in [0.29, 0.717) is 48.0 Å². The zero-order chi connectivity index (χ0) is 23.6. The highest BCUT2D eigenvalue weighted by Crippen LogP contribution is 2.31. The standard InChI is InChI=1S/C25H27N3O5/c1-3-10-27-24(26)18-4-6-19(7-5-18)25(30)28-21-9-8-20-13-17(16-33-22(20)15-21)14-23(29)32-12-11-31-2/h1,4-9,15,17H,10-14,16H2,2H3,(H2,26,27)(H,28,30). The SMILES string of the molecule is C#CCN=C(N)c1ccc(C(=O)Nc2ccc3c(c2)OCC(CC(=O)OCCOC)C3)cc1. The van der Waals surface area contributed by atoms with Crippen LogP contribution in [0.15, 0.2) is 47.5 Å². The van der Waals surface area contributed by atoms with Gasteiger partial charge in [0.25, 0.3) is 5.91 Å². The van der Waals surface area contributed by atoms with E-state index in [1.54, 1.807) is 37.4 Å². The van der Waals surface area contributed by atoms with Gasteiger partial charge in [0, 0.05) is 35.9 Å². The summed E-state index contributed by atoms with van der Waals surface area (Å²) in [4.78, 5) is 28.6. The molecule has 0 saturated carbocycles. The van der Waals surface area contributed by atoms with Gasteiger partial charge in [-0.3, -0.25) is 14.6 Å². The smallest absolute Gasteiger partial charge is 0.306 e. The molecule has 0 bridgehead atoms. The van der Waals surface area contributed by atoms with Crippen LogP contribution in [0.5, 0.6) is 5.75 Å². The average molecular weight is 450 g/mol. The molecule has 1 atom stereocenters. The quantitative estimate of drug-likeness (QED) is 0.200. The van der Waals surface area contributed by atoms with Crippen LogP contribution in [0.1, 0.15) is 27.9 Å². The van der Waals surface area contributed by atoms with Gasteiger partial charge in [-0.25, -0.2) is 0 Å². The Bertz CT molecular complexity index is 1060. The number of nitrogens with two attached hydrogens (primary N) is 1. The first-order valence-electron chi connectivity index (χ1n) is 10.6. The Morgan fingerprint density at radius 1 is 1.21 bits per heavy atom. The second-order valence-electron chi connectivity index (χ2n) is 7.56. The van der Waals surface area contributed by atoms with Crippen molar-refractivity contribution in [2.45, 2.75) is 12.8 Å². The minimum atomic E-state index is -0.261. The summed E-state index contributed by atoms with van der Waals surface area (Å²) >= 11 is 0. The Morgan fingerprint density at radius 3 is 2.70 bits per heavy atom. The number of aliphatic imine (C=N–C) groups is 1. The third-order valence-electron chi connectivity index (χ3n) is 5.10. The molecule has 3 rings (SSSR count). The van der Waals surface area contributed by atoms with Crippen molar-refractivity contribution in [1.82, 2.24) is 0 Å². The van der Waals surface area contributed by atoms with E-state index in [0.717, 1.165) is 5.56 Å². The molecule has 1 amide bonds. The van der Waals surface area contributed by atoms with E-state index in [1.807, 2.05) is 12.1 Å². The average Bonchev–Trinajstić information content (AvgIpc) is 2.82. The topological polar surface area (TPSA) is 112 Å². The Morgan fingerprint density at radius 2 is 1.97 bits per heavy atom. The molecule has 1 unspecified atom stereocenters. The number of carbonyl (C=O) groups excluding carboxylic acids is 2. The number of anilines is 1. The summed E-state index contributed by atoms with van der Waals surface area (Å²) in [5.74, 6) is 2.95. The van der Waals surface area contributed by atoms with Crippen LogP contribution in [0.25, 0.3) is 0 Å². The van der Waals surface area contributed by atoms with Gasteiger partial charge in [0.05, 0.1) is 19.6 Å². The van der Waals surface area contributed by atoms with Crippen molar-refractivity contribution in [3.8, 4) is 18.1 Å². The fourth-order valence-electron chi connectivity index (χ4n) is 3.40. The molecule has 0 spiro atoms. The van der Waals surface area contributed by atoms with E-state index in [4.69, 9.17) is 26.4 Å². The van der Waals surface area contributed by atoms with Crippen LogP contribution in [-0.4, -0.2) is 51.2 Å². The van der Waals surface area contributed by atoms with E-state index in [2.05, 4.69) is 16.2 Å². The number of benzene rings is 2. The number of nitrogens with one attached hydrogen (secondary N) is 1. The van der Waals surface area contributed by atoms with Gasteiger partial charge in [-0.15, -0.1) is 6.42 Å². The predicted molar refractivity (Wildman–Crippen MR) is 125 cm³/mol. The number of carbonyl (C=O) groups is 2. The summed E-state index contributed by atoms with van der Waals surface area (Å²) < 4.78 is 15.8. The van der Waals surface area contributed by atoms with Crippen LogP contribution in [0.4, 0.5) is 5.69 Å². The van der Waals surface area contributed by atoms with Crippen molar-refractivity contribution in [3.63, 3.8) is 0 Å². The van der Waals surface area contributed by atoms with Crippen molar-refractivity contribution >= 4 is 23.4 Å². The molecule has 0 aromatic heterocycles. The van der Waals surface area contributed by atoms with Crippen molar-refractivity contribution in [3.05, 3.63) is 59.2 Å². The van der Waals surface area contributed by atoms with Gasteiger partial charge in [-0.1, -0.05) is 24.1 Å². The molecule has 0 fully saturated rings. The number of nitrogens with zero attached hydrogens (tertiary/aromatic N) is 1. The van der Waals surface area contributed by atoms with Gasteiger partial charge in [0.15, 0.2) is 0 Å². The van der Waals surface area contributed by atoms with Crippen LogP contribution in [0, 0.1) is 18.3 Å². The van der Waals surface area contributed by atoms with Crippen molar-refractivity contribution in [2.75, 3.05) is 38.8 Å². The summed E-state index contributed by atoms with van der Waals surface area (Å²) in [5, 5.41) is 2.87. The minimum Gasteiger partial charge on any atom is -0.493 e. The molecule has 33 heavy (non-hydrogen) atoms. The van der Waals surface area contributed by atoms with Crippen molar-refractivity contribution in [1.29, 1.82) is 0 Å². The number of terminal acetylenes is 1. The van der Waals surface area contributed by atoms with Crippen molar-refractivity contribution in [2.24, 2.45) is 16.6 Å². The number of hydrogen-bond donors (Lipinski definition) is 2. The largest absolute Gasteiger partial charge is 0.493 e. The fourth-order valence-corrected chi connectivity index (χ4v) is 3.40. The molecular weight excluding hydrogens is 422 g/mol. The molecule has 172 valence electrons. The van der Waals surface area contributed by atoms with Crippen molar-refractivity contribution < 1.29 is 23.8 Å². The predicted octanol–water partition coefficient (Wildman–Crippen LogP) is 2.41. The molecule has 2 aromatic rings. The summed E-state index contributed by atoms with van der Waals surface area (Å²) in [6.45, 7) is 1.24. The first-order valence-corrected chi connectivity index (χ1v) is 10.6. The van der Waals surface area contributed by atoms with Gasteiger partial charge < -0.3 is 25.3 Å². The minimum absolute atomic E-state index is 0.0445. The third-order valence-corrected chi connectivity index (χ3v) is 5.10. The van der Waals surface area contributed by atoms with Crippen LogP contribution < -0.4 is 15.8 Å². The monoisotopic (exact) mass is 449 g/mol. The highest BCUT2D eigenvalue weighted by atomic mass is 16.6. The zero-order valence-electron chi connectivity index (χ0n) is 18.5. The maximum absolute atomic E-state index is 12.6. The summed E-state index contributed by atoms with van der Waals surface area (Å²) in [7, 11) is 1.56. The lowest BCUT2D eigenvalue weighted by molar-refractivity contribution is -0.146. The number of amides is 1. The Kier molecular flexibility index (Phi) is 8.44. The van der Waals surface area contributed by atoms with E-state index in [1.165, 1.54) is 0 Å². The molecule has 0 saturated heterocycles. The molecule has 0 aliphatic carbocycles. The lowest BCUT2D eigenvalue weighted by atomic mass is 9.94. The van der Waals surface area contributed by atoms with Gasteiger partial charge in [0.2, 0.25) is 0 Å². The molecule has 3 N–H and O–H groups in total. The number of rotatable bonds is 9. The van der Waals surface area contributed by atoms with E-state index in [9.17, 15) is 9.59 Å². The lowest BCUT2D eigenvalue weighted by Crippen LogP contribution is -2.25. The Hall–Kier alpha value is -3.83. The first-order chi connectivity index (χ1) is 16.0. The van der Waals surface area contributed by atoms with Gasteiger partial charge in [-0.05, 0) is 30.2 Å². The Labute approximate surface area is 193 Å². The number of fused-ring (bicyclic) bond motifs is 1. The molecule has 1 aliphatic rings. The maximum atomic E-state index is 12.6. The Balaban J connectivity index is 1.57. The zero-order valence-corrected chi connectivity index (χ0v) is 18.5. The highest BCUT2D eigenvalue weighted by molar-refractivity contribution is 6.05. The normalized spacial score (nSPS) is 15.0. The molecule has 0 radical (unpaired) electrons. The lowest BCUT2D eigenvalue weighted by Gasteiger charge is -2.25. The summed E-state index contributed by atoms with van der Waals surface area (Å²) in [6.07, 6.45) is 6.17. The van der Waals surface area contributed by atoms with E-state index >= 15 is 0 Å². The van der Waals surface area contributed by atoms with Gasteiger partial charge in [-0.2, -0.15) is 0 Å². The first kappa shape index (κ1) is 23.8. The number of amidine groups is 1. The van der Waals surface area contributed by atoms with Crippen LogP contribution in [-0.2, 0) is 20.7 Å². The number of esters is 1. The molecule has 1 heterocycles. The molecule has 1 aliphatic heterocycles. The molecule has 8 heteroatoms. The highest BCUT2D eigenvalue weighted by Gasteiger charge is 2.23. The summed E-state index contributed by atoms with van der Waals surface area (Å²) in [5.41, 5.74) is 8.65. The number of methoxy groups -OCH3 is 1. The molecule has 8 nitrogen and oxygen atoms in total. The maximum Gasteiger partial charge on any atom is 0.306 e. The van der Waals surface area contributed by atoms with E-state index in [-0.39, 0.29) is 37.4 Å². The third kappa shape index (κ3) is 6.82. The number of ether oxygens (including phenoxy) is 3. The van der Waals surface area contributed by atoms with Crippen LogP contribution in [0.2, 0.25) is 0 Å². The van der Waals surface area contributed by atoms with E-state index < -0.39 is 0 Å². The molecular formula is C25H27N3O5. The molecule has 2 aromatic carbocycles. The van der Waals surface area contributed by atoms with Crippen LogP contribution >= 0.6 is 0 Å². The second kappa shape index (κ2) is 11.7.